The van der Waals surface area contributed by atoms with Crippen LogP contribution in [-0.2, 0) is 17.6 Å². The Bertz CT molecular complexity index is 1020. The Kier molecular flexibility index (Phi) is 5.33. The molecule has 1 aliphatic carbocycles. The second-order valence-corrected chi connectivity index (χ2v) is 8.25. The Balaban J connectivity index is 1.28. The number of aryl methyl sites for hydroxylation is 1. The van der Waals surface area contributed by atoms with Gasteiger partial charge in [0.15, 0.2) is 5.82 Å². The number of hydrogen-bond acceptors (Lipinski definition) is 9. The summed E-state index contributed by atoms with van der Waals surface area (Å²) < 4.78 is 0. The van der Waals surface area contributed by atoms with E-state index in [9.17, 15) is 4.79 Å². The standard InChI is InChI=1S/C20H22N8OS/c29-17(24-20-26-22-13-30-20)12-27-8-10-28(11-9-27)19-14-4-3-6-15(14)23-18(25-19)16-5-1-2-7-21-16/h1-2,5,7,13H,3-4,6,8-12H2,(H,24,26,29). The first-order valence-corrected chi connectivity index (χ1v) is 11.0. The number of anilines is 2. The van der Waals surface area contributed by atoms with Gasteiger partial charge in [-0.25, -0.2) is 9.97 Å². The molecular formula is C20H22N8OS. The van der Waals surface area contributed by atoms with Crippen molar-refractivity contribution < 1.29 is 4.79 Å². The molecule has 10 heteroatoms. The number of pyridine rings is 1. The van der Waals surface area contributed by atoms with Gasteiger partial charge in [0, 0.05) is 43.6 Å². The zero-order valence-corrected chi connectivity index (χ0v) is 17.3. The van der Waals surface area contributed by atoms with Crippen LogP contribution in [0.2, 0.25) is 0 Å². The van der Waals surface area contributed by atoms with E-state index >= 15 is 0 Å². The summed E-state index contributed by atoms with van der Waals surface area (Å²) >= 11 is 1.32. The van der Waals surface area contributed by atoms with Crippen molar-refractivity contribution in [2.75, 3.05) is 42.9 Å². The Morgan fingerprint density at radius 3 is 2.80 bits per heavy atom. The lowest BCUT2D eigenvalue weighted by Crippen LogP contribution is -2.49. The zero-order valence-electron chi connectivity index (χ0n) is 16.5. The van der Waals surface area contributed by atoms with E-state index in [1.807, 2.05) is 18.2 Å². The summed E-state index contributed by atoms with van der Waals surface area (Å²) in [6, 6.07) is 5.82. The Morgan fingerprint density at radius 2 is 2.03 bits per heavy atom. The highest BCUT2D eigenvalue weighted by molar-refractivity contribution is 7.13. The number of nitrogens with zero attached hydrogens (tertiary/aromatic N) is 7. The number of amides is 1. The number of piperazine rings is 1. The molecule has 0 spiro atoms. The summed E-state index contributed by atoms with van der Waals surface area (Å²) in [5.74, 6) is 1.68. The number of fused-ring (bicyclic) bond motifs is 1. The van der Waals surface area contributed by atoms with Gasteiger partial charge in [0.1, 0.15) is 17.0 Å². The normalized spacial score (nSPS) is 16.5. The summed E-state index contributed by atoms with van der Waals surface area (Å²) in [4.78, 5) is 30.9. The van der Waals surface area contributed by atoms with Gasteiger partial charge in [-0.05, 0) is 31.4 Å². The van der Waals surface area contributed by atoms with Crippen LogP contribution in [0.1, 0.15) is 17.7 Å². The lowest BCUT2D eigenvalue weighted by atomic mass is 10.2. The van der Waals surface area contributed by atoms with E-state index in [1.54, 1.807) is 11.7 Å². The molecule has 1 aliphatic heterocycles. The molecule has 0 radical (unpaired) electrons. The maximum Gasteiger partial charge on any atom is 0.240 e. The molecule has 1 amide bonds. The fourth-order valence-electron chi connectivity index (χ4n) is 3.99. The summed E-state index contributed by atoms with van der Waals surface area (Å²) in [7, 11) is 0. The molecule has 9 nitrogen and oxygen atoms in total. The number of carbonyl (C=O) groups is 1. The van der Waals surface area contributed by atoms with Gasteiger partial charge in [-0.3, -0.25) is 20.0 Å². The van der Waals surface area contributed by atoms with Crippen LogP contribution in [0.15, 0.2) is 29.9 Å². The average molecular weight is 423 g/mol. The second-order valence-electron chi connectivity index (χ2n) is 7.42. The largest absolute Gasteiger partial charge is 0.354 e. The van der Waals surface area contributed by atoms with Crippen molar-refractivity contribution in [3.63, 3.8) is 0 Å². The monoisotopic (exact) mass is 422 g/mol. The van der Waals surface area contributed by atoms with Crippen LogP contribution in [0.5, 0.6) is 0 Å². The average Bonchev–Trinajstić information content (AvgIpc) is 3.46. The Labute approximate surface area is 178 Å². The van der Waals surface area contributed by atoms with E-state index in [0.717, 1.165) is 62.6 Å². The number of aromatic nitrogens is 5. The molecule has 0 atom stereocenters. The van der Waals surface area contributed by atoms with Gasteiger partial charge < -0.3 is 4.90 Å². The third-order valence-corrected chi connectivity index (χ3v) is 6.06. The summed E-state index contributed by atoms with van der Waals surface area (Å²) in [5, 5.41) is 10.9. The zero-order chi connectivity index (χ0) is 20.3. The molecule has 0 bridgehead atoms. The maximum absolute atomic E-state index is 12.2. The van der Waals surface area contributed by atoms with Crippen LogP contribution >= 0.6 is 11.3 Å². The van der Waals surface area contributed by atoms with E-state index in [0.29, 0.717) is 17.5 Å². The van der Waals surface area contributed by atoms with Crippen LogP contribution in [0, 0.1) is 0 Å². The first-order chi connectivity index (χ1) is 14.8. The van der Waals surface area contributed by atoms with Crippen molar-refractivity contribution in [1.29, 1.82) is 0 Å². The third-order valence-electron chi connectivity index (χ3n) is 5.45. The number of carbonyl (C=O) groups excluding carboxylic acids is 1. The highest BCUT2D eigenvalue weighted by atomic mass is 32.1. The molecule has 5 rings (SSSR count). The van der Waals surface area contributed by atoms with Gasteiger partial charge in [-0.2, -0.15) is 0 Å². The molecule has 3 aromatic rings. The maximum atomic E-state index is 12.2. The van der Waals surface area contributed by atoms with Gasteiger partial charge in [-0.15, -0.1) is 10.2 Å². The highest BCUT2D eigenvalue weighted by Crippen LogP contribution is 2.31. The quantitative estimate of drug-likeness (QED) is 0.662. The molecule has 30 heavy (non-hydrogen) atoms. The lowest BCUT2D eigenvalue weighted by Gasteiger charge is -2.35. The molecule has 3 aromatic heterocycles. The minimum atomic E-state index is -0.0550. The highest BCUT2D eigenvalue weighted by Gasteiger charge is 2.27. The molecule has 154 valence electrons. The fraction of sp³-hybridized carbons (Fsp3) is 0.400. The molecule has 1 N–H and O–H groups in total. The van der Waals surface area contributed by atoms with E-state index in [-0.39, 0.29) is 5.91 Å². The van der Waals surface area contributed by atoms with E-state index in [4.69, 9.17) is 9.97 Å². The van der Waals surface area contributed by atoms with Crippen molar-refractivity contribution >= 4 is 28.2 Å². The molecule has 0 aromatic carbocycles. The van der Waals surface area contributed by atoms with Crippen molar-refractivity contribution in [1.82, 2.24) is 30.0 Å². The molecule has 0 saturated carbocycles. The third kappa shape index (κ3) is 4.01. The second kappa shape index (κ2) is 8.41. The lowest BCUT2D eigenvalue weighted by molar-refractivity contribution is -0.117. The minimum absolute atomic E-state index is 0.0550. The van der Waals surface area contributed by atoms with E-state index in [1.165, 1.54) is 16.9 Å². The van der Waals surface area contributed by atoms with E-state index < -0.39 is 0 Å². The van der Waals surface area contributed by atoms with Crippen molar-refractivity contribution in [3.05, 3.63) is 41.2 Å². The summed E-state index contributed by atoms with van der Waals surface area (Å²) in [6.45, 7) is 3.63. The number of rotatable bonds is 5. The van der Waals surface area contributed by atoms with Gasteiger partial charge in [0.2, 0.25) is 11.0 Å². The first-order valence-electron chi connectivity index (χ1n) is 10.1. The predicted octanol–water partition coefficient (Wildman–Crippen LogP) is 1.64. The molecule has 1 saturated heterocycles. The number of hydrogen-bond donors (Lipinski definition) is 1. The summed E-state index contributed by atoms with van der Waals surface area (Å²) in [5.41, 5.74) is 4.84. The van der Waals surface area contributed by atoms with Crippen molar-refractivity contribution in [3.8, 4) is 11.5 Å². The summed E-state index contributed by atoms with van der Waals surface area (Å²) in [6.07, 6.45) is 4.92. The van der Waals surface area contributed by atoms with Crippen LogP contribution in [0.4, 0.5) is 10.9 Å². The van der Waals surface area contributed by atoms with Gasteiger partial charge in [0.25, 0.3) is 0 Å². The Hall–Kier alpha value is -2.98. The fourth-order valence-corrected chi connectivity index (χ4v) is 4.45. The van der Waals surface area contributed by atoms with Crippen LogP contribution < -0.4 is 10.2 Å². The molecule has 4 heterocycles. The van der Waals surface area contributed by atoms with Crippen LogP contribution in [0.25, 0.3) is 11.5 Å². The topological polar surface area (TPSA) is 100 Å². The SMILES string of the molecule is O=C(CN1CCN(c2nc(-c3ccccn3)nc3c2CCC3)CC1)Nc1nncs1. The van der Waals surface area contributed by atoms with E-state index in [2.05, 4.69) is 30.3 Å². The van der Waals surface area contributed by atoms with Crippen molar-refractivity contribution in [2.45, 2.75) is 19.3 Å². The Morgan fingerprint density at radius 1 is 1.13 bits per heavy atom. The predicted molar refractivity (Wildman–Crippen MR) is 114 cm³/mol. The molecular weight excluding hydrogens is 400 g/mol. The molecule has 0 unspecified atom stereocenters. The minimum Gasteiger partial charge on any atom is -0.354 e. The van der Waals surface area contributed by atoms with Crippen LogP contribution in [0.3, 0.4) is 0 Å². The van der Waals surface area contributed by atoms with Gasteiger partial charge in [-0.1, -0.05) is 17.4 Å². The van der Waals surface area contributed by atoms with Crippen molar-refractivity contribution in [2.24, 2.45) is 0 Å². The molecule has 1 fully saturated rings. The number of nitrogens with one attached hydrogen (secondary N) is 1. The smallest absolute Gasteiger partial charge is 0.240 e. The van der Waals surface area contributed by atoms with Gasteiger partial charge >= 0.3 is 0 Å². The first kappa shape index (κ1) is 19.0. The molecule has 2 aliphatic rings. The van der Waals surface area contributed by atoms with Crippen LogP contribution in [-0.4, -0.2) is 68.7 Å². The van der Waals surface area contributed by atoms with Gasteiger partial charge in [0.05, 0.1) is 6.54 Å².